The molecule has 4 rings (SSSR count). The lowest BCUT2D eigenvalue weighted by Crippen LogP contribution is -2.14. The topological polar surface area (TPSA) is 39.2 Å². The number of pyridine rings is 1. The summed E-state index contributed by atoms with van der Waals surface area (Å²) < 4.78 is 19.0. The van der Waals surface area contributed by atoms with Gasteiger partial charge in [0.25, 0.3) is 0 Å². The molecule has 0 amide bonds. The van der Waals surface area contributed by atoms with E-state index in [0.717, 1.165) is 16.3 Å². The zero-order valence-corrected chi connectivity index (χ0v) is 14.4. The van der Waals surface area contributed by atoms with Crippen molar-refractivity contribution >= 4 is 16.7 Å². The minimum absolute atomic E-state index is 0.289. The quantitative estimate of drug-likeness (QED) is 0.464. The monoisotopic (exact) mass is 357 g/mol. The second-order valence-corrected chi connectivity index (χ2v) is 6.12. The molecule has 0 aliphatic rings. The van der Waals surface area contributed by atoms with Crippen LogP contribution in [0.25, 0.3) is 10.8 Å². The number of rotatable bonds is 4. The van der Waals surface area contributed by atoms with Crippen LogP contribution in [0.2, 0.25) is 0 Å². The van der Waals surface area contributed by atoms with Crippen molar-refractivity contribution in [3.05, 3.63) is 114 Å². The number of carbonyl (C=O) groups excluding carboxylic acids is 1. The Labute approximate surface area is 156 Å². The number of hydrogen-bond acceptors (Lipinski definition) is 3. The van der Waals surface area contributed by atoms with Crippen LogP contribution >= 0.6 is 0 Å². The van der Waals surface area contributed by atoms with Crippen molar-refractivity contribution in [3.8, 4) is 0 Å². The summed E-state index contributed by atoms with van der Waals surface area (Å²) in [4.78, 5) is 17.2. The van der Waals surface area contributed by atoms with Crippen LogP contribution in [0.1, 0.15) is 27.7 Å². The summed E-state index contributed by atoms with van der Waals surface area (Å²) in [5, 5.41) is 1.93. The number of hydrogen-bond donors (Lipinski definition) is 0. The predicted octanol–water partition coefficient (Wildman–Crippen LogP) is 5.32. The van der Waals surface area contributed by atoms with Gasteiger partial charge in [-0.25, -0.2) is 9.18 Å². The van der Waals surface area contributed by atoms with Gasteiger partial charge in [0.2, 0.25) is 0 Å². The van der Waals surface area contributed by atoms with Crippen molar-refractivity contribution in [2.45, 2.75) is 6.10 Å². The maximum atomic E-state index is 13.2. The molecule has 1 heterocycles. The first kappa shape index (κ1) is 16.9. The fourth-order valence-electron chi connectivity index (χ4n) is 3.02. The summed E-state index contributed by atoms with van der Waals surface area (Å²) >= 11 is 0. The minimum Gasteiger partial charge on any atom is -0.447 e. The van der Waals surface area contributed by atoms with Crippen LogP contribution in [0.5, 0.6) is 0 Å². The first-order valence-electron chi connectivity index (χ1n) is 8.57. The molecule has 0 aliphatic carbocycles. The van der Waals surface area contributed by atoms with Crippen LogP contribution in [-0.4, -0.2) is 11.0 Å². The van der Waals surface area contributed by atoms with Crippen LogP contribution in [0, 0.1) is 5.82 Å². The number of esters is 1. The Morgan fingerprint density at radius 2 is 1.56 bits per heavy atom. The molecule has 3 aromatic carbocycles. The summed E-state index contributed by atoms with van der Waals surface area (Å²) in [6, 6.07) is 24.5. The standard InChI is InChI=1S/C23H16FNO2/c24-19-12-10-18(11-13-19)23(26)27-22(17-7-2-1-3-8-17)21-20-9-5-4-6-16(20)14-15-25-21/h1-15,22H/t22-/m0/s1. The Bertz CT molecular complexity index is 1070. The van der Waals surface area contributed by atoms with Gasteiger partial charge in [-0.2, -0.15) is 0 Å². The molecule has 0 N–H and O–H groups in total. The third-order valence-corrected chi connectivity index (χ3v) is 4.36. The lowest BCUT2D eigenvalue weighted by atomic mass is 10.0. The second-order valence-electron chi connectivity index (χ2n) is 6.12. The molecular formula is C23H16FNO2. The summed E-state index contributed by atoms with van der Waals surface area (Å²) in [6.45, 7) is 0. The van der Waals surface area contributed by atoms with Gasteiger partial charge in [0.05, 0.1) is 11.3 Å². The van der Waals surface area contributed by atoms with Gasteiger partial charge >= 0.3 is 5.97 Å². The van der Waals surface area contributed by atoms with Gasteiger partial charge in [-0.1, -0.05) is 54.6 Å². The van der Waals surface area contributed by atoms with Crippen LogP contribution in [-0.2, 0) is 4.74 Å². The van der Waals surface area contributed by atoms with Gasteiger partial charge in [0.1, 0.15) is 5.82 Å². The molecule has 0 saturated heterocycles. The van der Waals surface area contributed by atoms with Gasteiger partial charge in [-0.3, -0.25) is 4.98 Å². The fourth-order valence-corrected chi connectivity index (χ4v) is 3.02. The van der Waals surface area contributed by atoms with Crippen LogP contribution < -0.4 is 0 Å². The first-order chi connectivity index (χ1) is 13.2. The van der Waals surface area contributed by atoms with Crippen LogP contribution in [0.3, 0.4) is 0 Å². The number of ether oxygens (including phenoxy) is 1. The average Bonchev–Trinajstić information content (AvgIpc) is 2.73. The maximum Gasteiger partial charge on any atom is 0.339 e. The lowest BCUT2D eigenvalue weighted by Gasteiger charge is -2.19. The van der Waals surface area contributed by atoms with Crippen molar-refractivity contribution in [2.24, 2.45) is 0 Å². The SMILES string of the molecule is O=C(O[C@@H](c1ccccc1)c1nccc2ccccc12)c1ccc(F)cc1. The molecule has 4 heteroatoms. The number of fused-ring (bicyclic) bond motifs is 1. The Morgan fingerprint density at radius 3 is 2.33 bits per heavy atom. The van der Waals surface area contributed by atoms with E-state index in [9.17, 15) is 9.18 Å². The van der Waals surface area contributed by atoms with Crippen LogP contribution in [0.4, 0.5) is 4.39 Å². The van der Waals surface area contributed by atoms with E-state index in [1.54, 1.807) is 6.20 Å². The normalized spacial score (nSPS) is 11.9. The summed E-state index contributed by atoms with van der Waals surface area (Å²) in [5.74, 6) is -0.930. The number of carbonyl (C=O) groups is 1. The molecule has 0 spiro atoms. The largest absolute Gasteiger partial charge is 0.447 e. The van der Waals surface area contributed by atoms with Gasteiger partial charge in [0, 0.05) is 11.6 Å². The lowest BCUT2D eigenvalue weighted by molar-refractivity contribution is 0.0373. The molecule has 0 saturated carbocycles. The van der Waals surface area contributed by atoms with E-state index < -0.39 is 17.9 Å². The van der Waals surface area contributed by atoms with Crippen molar-refractivity contribution < 1.29 is 13.9 Å². The zero-order valence-electron chi connectivity index (χ0n) is 14.4. The van der Waals surface area contributed by atoms with E-state index in [1.165, 1.54) is 24.3 Å². The molecule has 0 radical (unpaired) electrons. The Hall–Kier alpha value is -3.53. The van der Waals surface area contributed by atoms with Crippen molar-refractivity contribution in [1.82, 2.24) is 4.98 Å². The second kappa shape index (κ2) is 7.38. The number of aromatic nitrogens is 1. The number of halogens is 1. The predicted molar refractivity (Wildman–Crippen MR) is 102 cm³/mol. The van der Waals surface area contributed by atoms with Crippen molar-refractivity contribution in [3.63, 3.8) is 0 Å². The van der Waals surface area contributed by atoms with Crippen molar-refractivity contribution in [1.29, 1.82) is 0 Å². The molecule has 1 aromatic heterocycles. The highest BCUT2D eigenvalue weighted by atomic mass is 19.1. The fraction of sp³-hybridized carbons (Fsp3) is 0.0435. The molecule has 0 unspecified atom stereocenters. The Balaban J connectivity index is 1.78. The van der Waals surface area contributed by atoms with E-state index >= 15 is 0 Å². The zero-order chi connectivity index (χ0) is 18.6. The van der Waals surface area contributed by atoms with Crippen molar-refractivity contribution in [2.75, 3.05) is 0 Å². The highest BCUT2D eigenvalue weighted by molar-refractivity contribution is 5.90. The molecule has 0 fully saturated rings. The van der Waals surface area contributed by atoms with Gasteiger partial charge < -0.3 is 4.74 Å². The van der Waals surface area contributed by atoms with Gasteiger partial charge in [-0.15, -0.1) is 0 Å². The molecule has 0 bridgehead atoms. The molecule has 3 nitrogen and oxygen atoms in total. The highest BCUT2D eigenvalue weighted by Gasteiger charge is 2.23. The molecule has 0 aliphatic heterocycles. The van der Waals surface area contributed by atoms with E-state index in [-0.39, 0.29) is 5.56 Å². The first-order valence-corrected chi connectivity index (χ1v) is 8.57. The molecule has 27 heavy (non-hydrogen) atoms. The highest BCUT2D eigenvalue weighted by Crippen LogP contribution is 2.31. The third kappa shape index (κ3) is 3.55. The number of benzene rings is 3. The smallest absolute Gasteiger partial charge is 0.339 e. The summed E-state index contributed by atoms with van der Waals surface area (Å²) in [5.41, 5.74) is 1.77. The third-order valence-electron chi connectivity index (χ3n) is 4.36. The summed E-state index contributed by atoms with van der Waals surface area (Å²) in [7, 11) is 0. The van der Waals surface area contributed by atoms with Gasteiger partial charge in [-0.05, 0) is 41.3 Å². The average molecular weight is 357 g/mol. The van der Waals surface area contributed by atoms with E-state index in [0.29, 0.717) is 5.69 Å². The van der Waals surface area contributed by atoms with E-state index in [2.05, 4.69) is 4.98 Å². The van der Waals surface area contributed by atoms with Gasteiger partial charge in [0.15, 0.2) is 6.10 Å². The molecule has 1 atom stereocenters. The van der Waals surface area contributed by atoms with E-state index in [1.807, 2.05) is 60.7 Å². The Kier molecular flexibility index (Phi) is 4.62. The molecular weight excluding hydrogens is 341 g/mol. The summed E-state index contributed by atoms with van der Waals surface area (Å²) in [6.07, 6.45) is 1.04. The van der Waals surface area contributed by atoms with E-state index in [4.69, 9.17) is 4.74 Å². The Morgan fingerprint density at radius 1 is 0.852 bits per heavy atom. The minimum atomic E-state index is -0.671. The molecule has 132 valence electrons. The molecule has 4 aromatic rings. The maximum absolute atomic E-state index is 13.2. The number of nitrogens with zero attached hydrogens (tertiary/aromatic N) is 1. The van der Waals surface area contributed by atoms with Crippen LogP contribution in [0.15, 0.2) is 91.1 Å².